The van der Waals surface area contributed by atoms with Crippen LogP contribution in [-0.4, -0.2) is 176 Å². The average molecular weight is 1640 g/mol. The van der Waals surface area contributed by atoms with E-state index in [0.717, 1.165) is 62.9 Å². The highest BCUT2D eigenvalue weighted by Crippen LogP contribution is 2.37. The predicted octanol–water partition coefficient (Wildman–Crippen LogP) is 14.2. The zero-order valence-corrected chi connectivity index (χ0v) is 70.5. The SMILES string of the molecule is CCCCCCCCCCCCCCOC(=O)c1ccc(OC)c(NC(=O)C(=Nc2ccc(N(CC)CCNS(C)(=O)=O)cc2C)C2=Nc3ccccc3S(=O)(=O)N2C)c1.CCN(CCNS(C)(=O)=O)c1ccc(N=C(C(=O)Nc2ccccc2OC)C2=Nc3ccccc3S(=O)(=O)N2CCCOc2ccc(C)cc2C)c(C)c1. The third-order valence-electron chi connectivity index (χ3n) is 19.0. The van der Waals surface area contributed by atoms with Crippen molar-refractivity contribution in [2.45, 2.75) is 142 Å². The molecule has 2 aliphatic heterocycles. The van der Waals surface area contributed by atoms with Crippen molar-refractivity contribution in [2.24, 2.45) is 20.0 Å². The molecule has 2 heterocycles. The Morgan fingerprint density at radius 1 is 0.500 bits per heavy atom. The number of aryl methyl sites for hydroxylation is 4. The number of methoxy groups -OCH3 is 2. The van der Waals surface area contributed by atoms with Crippen molar-refractivity contribution >= 4 is 126 Å². The highest BCUT2D eigenvalue weighted by atomic mass is 32.2. The van der Waals surface area contributed by atoms with Crippen LogP contribution < -0.4 is 44.1 Å². The molecule has 0 aromatic heterocycles. The standard InChI is InChI=1S/C44H62N6O8S2.C39H46N6O7S2/c1-7-9-10-11-12-13-14-15-16-17-18-21-30-58-44(52)34-24-27-39(57-5)38(32-34)48-43(51)41(42-47-37-22-19-20-23-40(37)60(55,56)49(42)4)46-36-26-25-35(31-33(36)3)50(8-2)29-28-45-59(6,53)54;1-7-44(23-21-40-53(6,47)48)30-18-19-31(28(3)26-30)41-37(39(46)43-32-13-8-10-15-35(32)51-5)38-42-33-14-9-11-16-36(33)54(49,50)45(38)22-12-24-52-34-20-17-27(2)25-29(34)4/h19-20,22-27,31-32,45H,7-18,21,28-30H2,1-6H3,(H,48,51);8-11,13-20,25-26,40H,7,12,21-24H2,1-6H3,(H,43,46). The second-order valence-corrected chi connectivity index (χ2v) is 35.2. The van der Waals surface area contributed by atoms with Crippen LogP contribution in [0.4, 0.5) is 45.5 Å². The molecule has 0 saturated heterocycles. The summed E-state index contributed by atoms with van der Waals surface area (Å²) in [6, 6.07) is 40.7. The Balaban J connectivity index is 0.000000287. The number of amides is 2. The van der Waals surface area contributed by atoms with Crippen LogP contribution in [0.2, 0.25) is 0 Å². The monoisotopic (exact) mass is 1640 g/mol. The molecular formula is C83H108N12O15S4. The molecule has 7 aromatic carbocycles. The van der Waals surface area contributed by atoms with Gasteiger partial charge >= 0.3 is 5.97 Å². The molecule has 2 amide bonds. The number of hydrogen-bond donors (Lipinski definition) is 4. The van der Waals surface area contributed by atoms with Crippen LogP contribution in [-0.2, 0) is 54.4 Å². The molecule has 31 heteroatoms. The van der Waals surface area contributed by atoms with Gasteiger partial charge in [-0.1, -0.05) is 132 Å². The summed E-state index contributed by atoms with van der Waals surface area (Å²) in [6.45, 7) is 16.6. The first-order valence-electron chi connectivity index (χ1n) is 38.4. The number of amidine groups is 2. The van der Waals surface area contributed by atoms with E-state index in [0.29, 0.717) is 65.9 Å². The lowest BCUT2D eigenvalue weighted by Crippen LogP contribution is -2.47. The first kappa shape index (κ1) is 89.5. The fourth-order valence-corrected chi connectivity index (χ4v) is 16.6. The quantitative estimate of drug-likeness (QED) is 0.0157. The fraction of sp³-hybridized carbons (Fsp3) is 0.410. The number of carbonyl (C=O) groups excluding carboxylic acids is 3. The van der Waals surface area contributed by atoms with Gasteiger partial charge in [-0.05, 0) is 162 Å². The minimum atomic E-state index is -4.19. The summed E-state index contributed by atoms with van der Waals surface area (Å²) in [5, 5.41) is 5.65. The Hall–Kier alpha value is -10.1. The summed E-state index contributed by atoms with van der Waals surface area (Å²) in [5.74, 6) is -1.05. The summed E-state index contributed by atoms with van der Waals surface area (Å²) < 4.78 is 132. The van der Waals surface area contributed by atoms with Gasteiger partial charge in [0.2, 0.25) is 20.0 Å². The van der Waals surface area contributed by atoms with Crippen LogP contribution in [0.1, 0.15) is 137 Å². The zero-order valence-electron chi connectivity index (χ0n) is 67.2. The number of nitrogens with one attached hydrogen (secondary N) is 4. The summed E-state index contributed by atoms with van der Waals surface area (Å²) in [5.41, 5.74) is 6.31. The molecule has 0 spiro atoms. The Morgan fingerprint density at radius 3 is 1.49 bits per heavy atom. The summed E-state index contributed by atoms with van der Waals surface area (Å²) >= 11 is 0. The van der Waals surface area contributed by atoms with Gasteiger partial charge in [-0.25, -0.2) is 72.2 Å². The molecule has 9 rings (SSSR count). The lowest BCUT2D eigenvalue weighted by atomic mass is 10.1. The van der Waals surface area contributed by atoms with Gasteiger partial charge in [0.25, 0.3) is 31.9 Å². The van der Waals surface area contributed by atoms with Crippen molar-refractivity contribution in [3.63, 3.8) is 0 Å². The molecule has 114 heavy (non-hydrogen) atoms. The van der Waals surface area contributed by atoms with Gasteiger partial charge < -0.3 is 39.4 Å². The third kappa shape index (κ3) is 25.2. The number of aliphatic imine (C=N–C) groups is 4. The van der Waals surface area contributed by atoms with Gasteiger partial charge in [-0.2, -0.15) is 0 Å². The lowest BCUT2D eigenvalue weighted by molar-refractivity contribution is -0.111. The number of esters is 1. The normalized spacial score (nSPS) is 13.8. The second kappa shape index (κ2) is 42.4. The Kier molecular flexibility index (Phi) is 33.3. The zero-order chi connectivity index (χ0) is 82.8. The number of benzene rings is 7. The number of para-hydroxylation sites is 4. The minimum absolute atomic E-state index is 0.0130. The van der Waals surface area contributed by atoms with Gasteiger partial charge in [-0.15, -0.1) is 0 Å². The van der Waals surface area contributed by atoms with Crippen molar-refractivity contribution in [3.8, 4) is 17.2 Å². The molecule has 0 aliphatic carbocycles. The third-order valence-corrected chi connectivity index (χ3v) is 24.0. The molecule has 0 radical (unpaired) electrons. The van der Waals surface area contributed by atoms with Gasteiger partial charge in [-0.3, -0.25) is 13.9 Å². The number of anilines is 4. The van der Waals surface area contributed by atoms with E-state index in [1.165, 1.54) is 97.3 Å². The fourth-order valence-electron chi connectivity index (χ4n) is 12.8. The molecule has 0 bridgehead atoms. The maximum atomic E-state index is 14.4. The van der Waals surface area contributed by atoms with Crippen molar-refractivity contribution in [3.05, 3.63) is 173 Å². The van der Waals surface area contributed by atoms with Crippen molar-refractivity contribution < 1.29 is 67.0 Å². The maximum absolute atomic E-state index is 14.4. The number of carbonyl (C=O) groups is 3. The molecule has 614 valence electrons. The molecule has 0 fully saturated rings. The number of nitrogens with zero attached hydrogens (tertiary/aromatic N) is 8. The van der Waals surface area contributed by atoms with Crippen LogP contribution in [0.15, 0.2) is 175 Å². The smallest absolute Gasteiger partial charge is 0.338 e. The Morgan fingerprint density at radius 2 is 0.974 bits per heavy atom. The molecule has 0 unspecified atom stereocenters. The van der Waals surface area contributed by atoms with Crippen molar-refractivity contribution in [1.29, 1.82) is 0 Å². The van der Waals surface area contributed by atoms with Gasteiger partial charge in [0.1, 0.15) is 27.0 Å². The average Bonchev–Trinajstić information content (AvgIpc) is 0.750. The summed E-state index contributed by atoms with van der Waals surface area (Å²) in [4.78, 5) is 64.8. The number of fused-ring (bicyclic) bond motifs is 2. The molecule has 4 N–H and O–H groups in total. The first-order chi connectivity index (χ1) is 54.4. The van der Waals surface area contributed by atoms with E-state index in [1.54, 1.807) is 97.9 Å². The van der Waals surface area contributed by atoms with E-state index in [4.69, 9.17) is 33.9 Å². The lowest BCUT2D eigenvalue weighted by Gasteiger charge is -2.30. The second-order valence-electron chi connectivity index (χ2n) is 27.7. The molecule has 27 nitrogen and oxygen atoms in total. The predicted molar refractivity (Wildman–Crippen MR) is 455 cm³/mol. The van der Waals surface area contributed by atoms with Crippen molar-refractivity contribution in [2.75, 3.05) is 113 Å². The largest absolute Gasteiger partial charge is 0.495 e. The number of likely N-dealkylation sites (N-methyl/N-ethyl adjacent to an activating group) is 2. The highest BCUT2D eigenvalue weighted by Gasteiger charge is 2.40. The van der Waals surface area contributed by atoms with Gasteiger partial charge in [0.15, 0.2) is 23.1 Å². The van der Waals surface area contributed by atoms with E-state index in [-0.39, 0.29) is 101 Å². The van der Waals surface area contributed by atoms with E-state index in [2.05, 4.69) is 32.0 Å². The van der Waals surface area contributed by atoms with Crippen LogP contribution in [0, 0.1) is 27.7 Å². The van der Waals surface area contributed by atoms with Crippen LogP contribution in [0.25, 0.3) is 0 Å². The summed E-state index contributed by atoms with van der Waals surface area (Å²) in [6.07, 6.45) is 16.9. The Bertz CT molecular complexity index is 5130. The van der Waals surface area contributed by atoms with Gasteiger partial charge in [0.05, 0.1) is 79.6 Å². The number of rotatable bonds is 41. The molecular weight excluding hydrogens is 1530 g/mol. The molecule has 2 aliphatic rings. The Labute approximate surface area is 673 Å². The van der Waals surface area contributed by atoms with E-state index < -0.39 is 57.9 Å². The molecule has 0 saturated carbocycles. The van der Waals surface area contributed by atoms with Crippen LogP contribution in [0.3, 0.4) is 0 Å². The maximum Gasteiger partial charge on any atom is 0.338 e. The van der Waals surface area contributed by atoms with Crippen molar-refractivity contribution in [1.82, 2.24) is 18.1 Å². The van der Waals surface area contributed by atoms with Crippen LogP contribution >= 0.6 is 0 Å². The van der Waals surface area contributed by atoms with Crippen LogP contribution in [0.5, 0.6) is 17.2 Å². The minimum Gasteiger partial charge on any atom is -0.495 e. The number of hydrogen-bond acceptors (Lipinski definition) is 21. The van der Waals surface area contributed by atoms with E-state index in [1.807, 2.05) is 80.8 Å². The highest BCUT2D eigenvalue weighted by molar-refractivity contribution is 7.90. The van der Waals surface area contributed by atoms with Gasteiger partial charge in [0, 0.05) is 70.7 Å². The number of unbranched alkanes of at least 4 members (excludes halogenated alkanes) is 11. The summed E-state index contributed by atoms with van der Waals surface area (Å²) in [7, 11) is -10.8. The van der Waals surface area contributed by atoms with E-state index in [9.17, 15) is 48.1 Å². The topological polar surface area (TPSA) is 335 Å². The first-order valence-corrected chi connectivity index (χ1v) is 45.0. The number of sulfonamides is 4. The molecule has 0 atom stereocenters. The molecule has 7 aromatic rings. The number of ether oxygens (including phenoxy) is 4. The van der Waals surface area contributed by atoms with E-state index >= 15 is 0 Å².